The third kappa shape index (κ3) is 6.12. The Balaban J connectivity index is 1.32. The summed E-state index contributed by atoms with van der Waals surface area (Å²) in [4.78, 5) is 16.4. The molecule has 71 heavy (non-hydrogen) atoms. The Kier molecular flexibility index (Phi) is 9.13. The zero-order chi connectivity index (χ0) is 47.0. The normalized spacial score (nSPS) is 11.6. The highest BCUT2D eigenvalue weighted by molar-refractivity contribution is 6.16. The molecule has 10 aromatic carbocycles. The summed E-state index contributed by atoms with van der Waals surface area (Å²) in [5, 5.41) is 19.0. The topological polar surface area (TPSA) is 77.2 Å². The molecule has 330 valence electrons. The Hall–Kier alpha value is -9.90. The summed E-state index contributed by atoms with van der Waals surface area (Å²) in [6, 6.07) is 84.9. The molecule has 0 radical (unpaired) electrons. The minimum atomic E-state index is 0.425. The molecule has 0 saturated heterocycles. The Morgan fingerprint density at radius 1 is 0.268 bits per heavy atom. The van der Waals surface area contributed by atoms with Crippen molar-refractivity contribution in [3.05, 3.63) is 242 Å². The molecule has 4 aromatic heterocycles. The molecule has 0 unspecified atom stereocenters. The van der Waals surface area contributed by atoms with Gasteiger partial charge in [-0.1, -0.05) is 200 Å². The van der Waals surface area contributed by atoms with E-state index in [9.17, 15) is 5.26 Å². The molecule has 0 saturated carbocycles. The Morgan fingerprint density at radius 3 is 0.873 bits per heavy atom. The van der Waals surface area contributed by atoms with Crippen LogP contribution in [-0.4, -0.2) is 28.7 Å². The molecule has 0 aliphatic heterocycles. The van der Waals surface area contributed by atoms with Gasteiger partial charge in [-0.15, -0.1) is 0 Å². The van der Waals surface area contributed by atoms with Crippen LogP contribution >= 0.6 is 0 Å². The smallest absolute Gasteiger partial charge is 0.168 e. The number of aromatic nitrogens is 6. The Labute approximate surface area is 408 Å². The summed E-state index contributed by atoms with van der Waals surface area (Å²) in [7, 11) is 0. The van der Waals surface area contributed by atoms with E-state index in [-0.39, 0.29) is 0 Å². The van der Waals surface area contributed by atoms with Crippen LogP contribution in [0.3, 0.4) is 0 Å². The van der Waals surface area contributed by atoms with E-state index < -0.39 is 0 Å². The molecule has 0 aliphatic carbocycles. The van der Waals surface area contributed by atoms with E-state index in [2.05, 4.69) is 190 Å². The second kappa shape index (κ2) is 16.1. The van der Waals surface area contributed by atoms with Gasteiger partial charge in [-0.05, 0) is 42.0 Å². The Bertz CT molecular complexity index is 4240. The molecular weight excluding hydrogens is 867 g/mol. The van der Waals surface area contributed by atoms with Crippen LogP contribution < -0.4 is 0 Å². The van der Waals surface area contributed by atoms with Gasteiger partial charge in [0.25, 0.3) is 0 Å². The summed E-state index contributed by atoms with van der Waals surface area (Å²) in [6.07, 6.45) is 0. The second-order valence-electron chi connectivity index (χ2n) is 17.8. The number of nitrogens with zero attached hydrogens (tertiary/aromatic N) is 7. The quantitative estimate of drug-likeness (QED) is 0.160. The highest BCUT2D eigenvalue weighted by Gasteiger charge is 2.35. The lowest BCUT2D eigenvalue weighted by Crippen LogP contribution is -2.15. The summed E-state index contributed by atoms with van der Waals surface area (Å²) in [5.41, 5.74) is 12.7. The fraction of sp³-hybridized carbons (Fsp3) is 0. The average Bonchev–Trinajstić information content (AvgIpc) is 4.08. The van der Waals surface area contributed by atoms with Gasteiger partial charge in [0.15, 0.2) is 17.5 Å². The fourth-order valence-electron chi connectivity index (χ4n) is 11.0. The van der Waals surface area contributed by atoms with Crippen molar-refractivity contribution < 1.29 is 0 Å². The van der Waals surface area contributed by atoms with Gasteiger partial charge in [-0.3, -0.25) is 0 Å². The molecule has 0 atom stereocenters. The molecule has 0 N–H and O–H groups in total. The van der Waals surface area contributed by atoms with E-state index in [1.54, 1.807) is 0 Å². The van der Waals surface area contributed by atoms with E-state index in [1.165, 1.54) is 0 Å². The molecule has 14 aromatic rings. The van der Waals surface area contributed by atoms with E-state index in [0.29, 0.717) is 34.3 Å². The molecular formula is C64H39N7. The summed E-state index contributed by atoms with van der Waals surface area (Å²) in [5.74, 6) is 1.46. The third-order valence-corrected chi connectivity index (χ3v) is 13.9. The standard InChI is InChI=1S/C64H39N7/c65-40-50-59(69-51-34-16-10-28-44(51)45-29-11-17-35-52(45)69)57(41-22-4-1-5-23-41)61(71-55-38-20-14-32-48(55)49-33-15-21-39-56(49)71)58(60(50)70-53-36-18-12-30-46(53)47-31-13-19-37-54(47)70)64-67-62(42-24-6-2-7-25-42)66-63(68-64)43-26-8-3-9-27-43/h1-39H. The van der Waals surface area contributed by atoms with Crippen LogP contribution in [0.15, 0.2) is 237 Å². The molecule has 4 heterocycles. The third-order valence-electron chi connectivity index (χ3n) is 13.9. The van der Waals surface area contributed by atoms with Crippen molar-refractivity contribution in [1.82, 2.24) is 28.7 Å². The van der Waals surface area contributed by atoms with Crippen LogP contribution in [0.5, 0.6) is 0 Å². The molecule has 14 rings (SSSR count). The predicted molar refractivity (Wildman–Crippen MR) is 289 cm³/mol. The molecule has 0 amide bonds. The fourth-order valence-corrected chi connectivity index (χ4v) is 11.0. The summed E-state index contributed by atoms with van der Waals surface area (Å²) < 4.78 is 7.00. The van der Waals surface area contributed by atoms with Crippen molar-refractivity contribution in [2.24, 2.45) is 0 Å². The maximum atomic E-state index is 12.5. The van der Waals surface area contributed by atoms with Gasteiger partial charge in [-0.2, -0.15) is 5.26 Å². The highest BCUT2D eigenvalue weighted by atomic mass is 15.1. The SMILES string of the molecule is N#Cc1c(-n2c3ccccc3c3ccccc32)c(-c2ccccc2)c(-n2c3ccccc3c3ccccc32)c(-c2nc(-c3ccccc3)nc(-c3ccccc3)n2)c1-n1c2ccccc2c2ccccc21. The van der Waals surface area contributed by atoms with E-state index in [1.807, 2.05) is 66.7 Å². The van der Waals surface area contributed by atoms with Crippen LogP contribution in [0, 0.1) is 11.3 Å². The van der Waals surface area contributed by atoms with Crippen molar-refractivity contribution in [1.29, 1.82) is 5.26 Å². The molecule has 0 spiro atoms. The zero-order valence-electron chi connectivity index (χ0n) is 38.1. The molecule has 0 bridgehead atoms. The van der Waals surface area contributed by atoms with Gasteiger partial charge in [0.1, 0.15) is 11.6 Å². The van der Waals surface area contributed by atoms with Gasteiger partial charge in [0.2, 0.25) is 0 Å². The van der Waals surface area contributed by atoms with Crippen molar-refractivity contribution in [2.45, 2.75) is 0 Å². The first kappa shape index (κ1) is 40.2. The number of fused-ring (bicyclic) bond motifs is 9. The first-order valence-corrected chi connectivity index (χ1v) is 23.8. The van der Waals surface area contributed by atoms with Crippen molar-refractivity contribution in [3.63, 3.8) is 0 Å². The van der Waals surface area contributed by atoms with Gasteiger partial charge in [0.05, 0.1) is 55.7 Å². The summed E-state index contributed by atoms with van der Waals surface area (Å²) in [6.45, 7) is 0. The van der Waals surface area contributed by atoms with Crippen LogP contribution in [-0.2, 0) is 0 Å². The molecule has 0 fully saturated rings. The number of nitriles is 1. The van der Waals surface area contributed by atoms with Crippen molar-refractivity contribution >= 4 is 65.4 Å². The van der Waals surface area contributed by atoms with Crippen LogP contribution in [0.1, 0.15) is 5.56 Å². The van der Waals surface area contributed by atoms with Gasteiger partial charge >= 0.3 is 0 Å². The van der Waals surface area contributed by atoms with Crippen LogP contribution in [0.25, 0.3) is 128 Å². The maximum absolute atomic E-state index is 12.5. The van der Waals surface area contributed by atoms with Gasteiger partial charge in [0, 0.05) is 49.0 Å². The first-order valence-electron chi connectivity index (χ1n) is 23.8. The number of hydrogen-bond donors (Lipinski definition) is 0. The van der Waals surface area contributed by atoms with E-state index in [4.69, 9.17) is 15.0 Å². The largest absolute Gasteiger partial charge is 0.308 e. The Morgan fingerprint density at radius 2 is 0.535 bits per heavy atom. The van der Waals surface area contributed by atoms with Crippen molar-refractivity contribution in [3.8, 4) is 68.4 Å². The zero-order valence-corrected chi connectivity index (χ0v) is 38.1. The van der Waals surface area contributed by atoms with E-state index >= 15 is 0 Å². The predicted octanol–water partition coefficient (Wildman–Crippen LogP) is 15.7. The van der Waals surface area contributed by atoms with Gasteiger partial charge in [-0.25, -0.2) is 15.0 Å². The lowest BCUT2D eigenvalue weighted by atomic mass is 9.90. The minimum absolute atomic E-state index is 0.425. The highest BCUT2D eigenvalue weighted by Crippen LogP contribution is 2.51. The van der Waals surface area contributed by atoms with Crippen molar-refractivity contribution in [2.75, 3.05) is 0 Å². The van der Waals surface area contributed by atoms with Crippen LogP contribution in [0.4, 0.5) is 0 Å². The summed E-state index contributed by atoms with van der Waals surface area (Å²) >= 11 is 0. The van der Waals surface area contributed by atoms with Crippen LogP contribution in [0.2, 0.25) is 0 Å². The second-order valence-corrected chi connectivity index (χ2v) is 17.8. The number of benzene rings is 10. The molecule has 7 heteroatoms. The number of rotatable bonds is 7. The minimum Gasteiger partial charge on any atom is -0.308 e. The van der Waals surface area contributed by atoms with Gasteiger partial charge < -0.3 is 13.7 Å². The monoisotopic (exact) mass is 905 g/mol. The number of para-hydroxylation sites is 6. The first-order chi connectivity index (χ1) is 35.2. The maximum Gasteiger partial charge on any atom is 0.168 e. The number of hydrogen-bond acceptors (Lipinski definition) is 4. The lowest BCUT2D eigenvalue weighted by molar-refractivity contribution is 1.04. The molecule has 0 aliphatic rings. The average molecular weight is 906 g/mol. The van der Waals surface area contributed by atoms with E-state index in [0.717, 1.165) is 99.0 Å². The molecule has 7 nitrogen and oxygen atoms in total. The lowest BCUT2D eigenvalue weighted by Gasteiger charge is -2.28.